The van der Waals surface area contributed by atoms with E-state index in [0.29, 0.717) is 16.0 Å². The summed E-state index contributed by atoms with van der Waals surface area (Å²) in [7, 11) is 0. The normalized spacial score (nSPS) is 10.3. The molecular weight excluding hydrogens is 228 g/mol. The number of hydrogen-bond donors (Lipinski definition) is 2. The summed E-state index contributed by atoms with van der Waals surface area (Å²) in [6, 6.07) is 2.92. The topological polar surface area (TPSA) is 91.8 Å². The van der Waals surface area contributed by atoms with E-state index in [9.17, 15) is 4.79 Å². The van der Waals surface area contributed by atoms with Crippen molar-refractivity contribution in [2.75, 3.05) is 0 Å². The molecule has 16 heavy (non-hydrogen) atoms. The number of aromatic nitrogens is 4. The van der Waals surface area contributed by atoms with Crippen LogP contribution in [0.25, 0.3) is 0 Å². The Hall–Kier alpha value is -1.89. The molecule has 0 bridgehead atoms. The number of carboxylic acids is 1. The van der Waals surface area contributed by atoms with Crippen LogP contribution in [0.1, 0.15) is 16.2 Å². The van der Waals surface area contributed by atoms with Gasteiger partial charge in [0.15, 0.2) is 0 Å². The lowest BCUT2D eigenvalue weighted by Crippen LogP contribution is -1.96. The third kappa shape index (κ3) is 2.37. The van der Waals surface area contributed by atoms with E-state index in [-0.39, 0.29) is 5.56 Å². The number of aryl methyl sites for hydroxylation is 1. The minimum Gasteiger partial charge on any atom is -0.478 e. The van der Waals surface area contributed by atoms with Crippen LogP contribution in [-0.2, 0) is 0 Å². The molecule has 0 spiro atoms. The van der Waals surface area contributed by atoms with Crippen LogP contribution in [0, 0.1) is 6.92 Å². The molecule has 0 aromatic carbocycles. The van der Waals surface area contributed by atoms with E-state index in [0.717, 1.165) is 0 Å². The second-order valence-electron chi connectivity index (χ2n) is 2.99. The fourth-order valence-corrected chi connectivity index (χ4v) is 1.82. The van der Waals surface area contributed by atoms with Crippen molar-refractivity contribution in [3.63, 3.8) is 0 Å². The van der Waals surface area contributed by atoms with Gasteiger partial charge in [-0.3, -0.25) is 5.10 Å². The Balaban J connectivity index is 2.21. The number of carbonyl (C=O) groups is 1. The minimum absolute atomic E-state index is 0.199. The second kappa shape index (κ2) is 4.31. The van der Waals surface area contributed by atoms with Crippen LogP contribution < -0.4 is 0 Å². The largest absolute Gasteiger partial charge is 0.478 e. The fraction of sp³-hybridized carbons (Fsp3) is 0.111. The Morgan fingerprint density at radius 1 is 1.56 bits per heavy atom. The Bertz CT molecular complexity index is 526. The smallest absolute Gasteiger partial charge is 0.335 e. The summed E-state index contributed by atoms with van der Waals surface area (Å²) >= 11 is 1.21. The van der Waals surface area contributed by atoms with Gasteiger partial charge in [0.25, 0.3) is 0 Å². The highest BCUT2D eigenvalue weighted by Gasteiger charge is 2.07. The third-order valence-electron chi connectivity index (χ3n) is 1.75. The lowest BCUT2D eigenvalue weighted by molar-refractivity contribution is 0.0696. The number of nitrogens with one attached hydrogen (secondary N) is 1. The van der Waals surface area contributed by atoms with E-state index in [1.54, 1.807) is 6.92 Å². The Labute approximate surface area is 95.1 Å². The molecule has 0 saturated carbocycles. The van der Waals surface area contributed by atoms with Crippen LogP contribution >= 0.6 is 11.8 Å². The molecule has 0 aliphatic heterocycles. The maximum absolute atomic E-state index is 10.7. The number of hydrogen-bond acceptors (Lipinski definition) is 5. The van der Waals surface area contributed by atoms with Crippen molar-refractivity contribution in [1.29, 1.82) is 0 Å². The monoisotopic (exact) mass is 236 g/mol. The van der Waals surface area contributed by atoms with Crippen molar-refractivity contribution >= 4 is 17.7 Å². The van der Waals surface area contributed by atoms with Crippen LogP contribution in [0.5, 0.6) is 0 Å². The van der Waals surface area contributed by atoms with Gasteiger partial charge in [-0.15, -0.1) is 5.10 Å². The molecule has 7 heteroatoms. The van der Waals surface area contributed by atoms with E-state index in [2.05, 4.69) is 20.2 Å². The van der Waals surface area contributed by atoms with E-state index in [1.165, 1.54) is 30.1 Å². The standard InChI is InChI=1S/C9H8N4O2S/c1-5-11-9(13-12-5)16-7-4-6(8(14)15)2-3-10-7/h2-4H,1H3,(H,14,15)(H,11,12,13). The van der Waals surface area contributed by atoms with E-state index in [4.69, 9.17) is 5.11 Å². The highest BCUT2D eigenvalue weighted by Crippen LogP contribution is 2.22. The van der Waals surface area contributed by atoms with Gasteiger partial charge in [-0.25, -0.2) is 14.8 Å². The molecule has 0 aliphatic carbocycles. The van der Waals surface area contributed by atoms with Gasteiger partial charge in [0.05, 0.1) is 5.56 Å². The number of nitrogens with zero attached hydrogens (tertiary/aromatic N) is 3. The van der Waals surface area contributed by atoms with Gasteiger partial charge in [-0.1, -0.05) is 0 Å². The van der Waals surface area contributed by atoms with Crippen LogP contribution in [0.4, 0.5) is 0 Å². The highest BCUT2D eigenvalue weighted by molar-refractivity contribution is 7.99. The predicted octanol–water partition coefficient (Wildman–Crippen LogP) is 1.36. The second-order valence-corrected chi connectivity index (χ2v) is 3.98. The van der Waals surface area contributed by atoms with Gasteiger partial charge in [0.2, 0.25) is 5.16 Å². The summed E-state index contributed by atoms with van der Waals surface area (Å²) in [4.78, 5) is 18.9. The first kappa shape index (κ1) is 10.6. The van der Waals surface area contributed by atoms with Crippen molar-refractivity contribution in [2.45, 2.75) is 17.1 Å². The van der Waals surface area contributed by atoms with Crippen molar-refractivity contribution < 1.29 is 9.90 Å². The number of aromatic amines is 1. The number of rotatable bonds is 3. The molecule has 0 amide bonds. The lowest BCUT2D eigenvalue weighted by atomic mass is 10.3. The average molecular weight is 236 g/mol. The number of pyridine rings is 1. The highest BCUT2D eigenvalue weighted by atomic mass is 32.2. The van der Waals surface area contributed by atoms with Gasteiger partial charge in [0.1, 0.15) is 10.9 Å². The van der Waals surface area contributed by atoms with Gasteiger partial charge >= 0.3 is 5.97 Å². The van der Waals surface area contributed by atoms with Gasteiger partial charge < -0.3 is 5.11 Å². The Morgan fingerprint density at radius 2 is 2.38 bits per heavy atom. The summed E-state index contributed by atoms with van der Waals surface area (Å²) in [6.07, 6.45) is 1.45. The molecule has 2 N–H and O–H groups in total. The summed E-state index contributed by atoms with van der Waals surface area (Å²) in [6.45, 7) is 1.79. The molecule has 6 nitrogen and oxygen atoms in total. The molecular formula is C9H8N4O2S. The predicted molar refractivity (Wildman–Crippen MR) is 56.4 cm³/mol. The molecule has 82 valence electrons. The maximum Gasteiger partial charge on any atom is 0.335 e. The molecule has 0 fully saturated rings. The van der Waals surface area contributed by atoms with Crippen molar-refractivity contribution in [2.24, 2.45) is 0 Å². The number of H-pyrrole nitrogens is 1. The summed E-state index contributed by atoms with van der Waals surface area (Å²) in [5.74, 6) is -0.271. The molecule has 2 rings (SSSR count). The minimum atomic E-state index is -0.976. The lowest BCUT2D eigenvalue weighted by Gasteiger charge is -1.97. The zero-order chi connectivity index (χ0) is 11.5. The van der Waals surface area contributed by atoms with E-state index >= 15 is 0 Å². The van der Waals surface area contributed by atoms with Crippen molar-refractivity contribution in [1.82, 2.24) is 20.2 Å². The number of aromatic carboxylic acids is 1. The van der Waals surface area contributed by atoms with Crippen LogP contribution in [0.3, 0.4) is 0 Å². The fourth-order valence-electron chi connectivity index (χ4n) is 1.06. The SMILES string of the molecule is Cc1nc(Sc2cc(C(=O)O)ccn2)n[nH]1. The molecule has 0 saturated heterocycles. The number of carboxylic acid groups (broad SMARTS) is 1. The summed E-state index contributed by atoms with van der Waals surface area (Å²) in [5, 5.41) is 16.5. The van der Waals surface area contributed by atoms with Gasteiger partial charge in [-0.2, -0.15) is 0 Å². The molecule has 2 aromatic rings. The molecule has 0 aliphatic rings. The molecule has 0 unspecified atom stereocenters. The van der Waals surface area contributed by atoms with Gasteiger partial charge in [0, 0.05) is 6.20 Å². The zero-order valence-corrected chi connectivity index (χ0v) is 9.15. The van der Waals surface area contributed by atoms with Gasteiger partial charge in [-0.05, 0) is 30.8 Å². The Kier molecular flexibility index (Phi) is 2.86. The summed E-state index contributed by atoms with van der Waals surface area (Å²) in [5.41, 5.74) is 0.199. The zero-order valence-electron chi connectivity index (χ0n) is 8.34. The van der Waals surface area contributed by atoms with Crippen LogP contribution in [-0.4, -0.2) is 31.2 Å². The molecule has 2 heterocycles. The molecule has 2 aromatic heterocycles. The first-order valence-electron chi connectivity index (χ1n) is 4.41. The van der Waals surface area contributed by atoms with Crippen LogP contribution in [0.2, 0.25) is 0 Å². The Morgan fingerprint density at radius 3 is 3.00 bits per heavy atom. The van der Waals surface area contributed by atoms with E-state index in [1.807, 2.05) is 0 Å². The van der Waals surface area contributed by atoms with Crippen molar-refractivity contribution in [3.05, 3.63) is 29.7 Å². The molecule has 0 atom stereocenters. The van der Waals surface area contributed by atoms with Crippen LogP contribution in [0.15, 0.2) is 28.5 Å². The average Bonchev–Trinajstić information content (AvgIpc) is 2.64. The first-order chi connectivity index (χ1) is 7.65. The van der Waals surface area contributed by atoms with Crippen molar-refractivity contribution in [3.8, 4) is 0 Å². The quantitative estimate of drug-likeness (QED) is 0.835. The van der Waals surface area contributed by atoms with E-state index < -0.39 is 5.97 Å². The third-order valence-corrected chi connectivity index (χ3v) is 2.55. The summed E-state index contributed by atoms with van der Waals surface area (Å²) < 4.78 is 0. The molecule has 0 radical (unpaired) electrons. The maximum atomic E-state index is 10.7. The first-order valence-corrected chi connectivity index (χ1v) is 5.23.